The van der Waals surface area contributed by atoms with Crippen LogP contribution in [-0.4, -0.2) is 84.4 Å². The Morgan fingerprint density at radius 3 is 1.12 bits per heavy atom. The molecular weight excluding hydrogens is 1110 g/mol. The predicted octanol–water partition coefficient (Wildman–Crippen LogP) is 16.8. The van der Waals surface area contributed by atoms with Crippen LogP contribution in [-0.2, 0) is 83.9 Å². The lowest BCUT2D eigenvalue weighted by Crippen LogP contribution is -2.27. The summed E-state index contributed by atoms with van der Waals surface area (Å²) >= 11 is 12.3. The molecule has 5 aliphatic rings. The lowest BCUT2D eigenvalue weighted by Gasteiger charge is -2.35. The van der Waals surface area contributed by atoms with E-state index in [1.165, 1.54) is 45.0 Å². The summed E-state index contributed by atoms with van der Waals surface area (Å²) in [6.07, 6.45) is 0. The molecule has 0 amide bonds. The number of hydrogen-bond donors (Lipinski definition) is 1. The van der Waals surface area contributed by atoms with Gasteiger partial charge in [0.05, 0.1) is 99.0 Å². The van der Waals surface area contributed by atoms with Crippen molar-refractivity contribution in [2.24, 2.45) is 32.5 Å². The van der Waals surface area contributed by atoms with Gasteiger partial charge in [0, 0.05) is 67.0 Å². The average Bonchev–Trinajstić information content (AvgIpc) is 3.44. The van der Waals surface area contributed by atoms with Crippen LogP contribution in [0.2, 0.25) is 0 Å². The van der Waals surface area contributed by atoms with Gasteiger partial charge in [-0.05, 0) is 33.4 Å². The van der Waals surface area contributed by atoms with Crippen LogP contribution >= 0.6 is 125 Å². The highest BCUT2D eigenvalue weighted by Gasteiger charge is 2.37. The van der Waals surface area contributed by atoms with Crippen molar-refractivity contribution in [2.45, 2.75) is 118 Å². The van der Waals surface area contributed by atoms with E-state index in [1.54, 1.807) is 45.5 Å². The SMILES string of the molecule is CC(C)(CO)COPSCc1c(CSP2OCC(C)(C)CO2)c(CSP2OCC(C)(C)CO2)c(CSP2OCC(C)(C)CO2)c(CSP2OCC(C)(C)COS2)c1CSP1OCC(C)(C)CO1. The summed E-state index contributed by atoms with van der Waals surface area (Å²) in [6.45, 7) is 32.2. The predicted molar refractivity (Wildman–Crippen MR) is 300 cm³/mol. The van der Waals surface area contributed by atoms with Crippen LogP contribution in [0.4, 0.5) is 0 Å². The Hall–Kier alpha value is 3.77. The first-order valence-corrected chi connectivity index (χ1v) is 40.3. The lowest BCUT2D eigenvalue weighted by molar-refractivity contribution is 0.0685. The number of benzene rings is 1. The molecule has 67 heavy (non-hydrogen) atoms. The average molecular weight is 1180 g/mol. The lowest BCUT2D eigenvalue weighted by atomic mass is 9.90. The van der Waals surface area contributed by atoms with Crippen LogP contribution in [0.3, 0.4) is 0 Å². The summed E-state index contributed by atoms with van der Waals surface area (Å²) in [5, 5.41) is 10.0. The van der Waals surface area contributed by atoms with Gasteiger partial charge in [0.15, 0.2) is 6.55 Å². The van der Waals surface area contributed by atoms with Crippen molar-refractivity contribution in [2.75, 3.05) is 79.3 Å². The molecule has 12 nitrogen and oxygen atoms in total. The van der Waals surface area contributed by atoms with Crippen LogP contribution in [0.5, 0.6) is 0 Å². The Kier molecular flexibility index (Phi) is 24.5. The van der Waals surface area contributed by atoms with E-state index in [0.29, 0.717) is 72.7 Å². The van der Waals surface area contributed by atoms with Crippen molar-refractivity contribution in [3.05, 3.63) is 33.4 Å². The molecule has 0 spiro atoms. The van der Waals surface area contributed by atoms with Gasteiger partial charge < -0.3 is 54.5 Å². The Balaban J connectivity index is 1.45. The van der Waals surface area contributed by atoms with E-state index in [1.807, 2.05) is 36.6 Å². The second kappa shape index (κ2) is 27.4. The topological polar surface area (TPSA) is 122 Å². The minimum atomic E-state index is -1.16. The van der Waals surface area contributed by atoms with Crippen LogP contribution in [0.15, 0.2) is 0 Å². The molecule has 6 rings (SSSR count). The number of aliphatic hydroxyl groups excluding tert-OH is 1. The first-order valence-electron chi connectivity index (χ1n) is 22.4. The maximum Gasteiger partial charge on any atom is 0.238 e. The second-order valence-electron chi connectivity index (χ2n) is 22.0. The van der Waals surface area contributed by atoms with Crippen molar-refractivity contribution < 1.29 is 54.5 Å². The minimum Gasteiger partial charge on any atom is -0.396 e. The molecule has 1 aromatic rings. The Morgan fingerprint density at radius 1 is 0.478 bits per heavy atom. The molecule has 2 atom stereocenters. The van der Waals surface area contributed by atoms with Crippen LogP contribution in [0, 0.1) is 32.5 Å². The molecule has 0 saturated carbocycles. The van der Waals surface area contributed by atoms with E-state index < -0.39 is 36.9 Å². The zero-order chi connectivity index (χ0) is 48.5. The van der Waals surface area contributed by atoms with E-state index in [2.05, 4.69) is 69.2 Å². The number of rotatable bonds is 22. The van der Waals surface area contributed by atoms with Gasteiger partial charge in [0.1, 0.15) is 0 Å². The van der Waals surface area contributed by atoms with Crippen LogP contribution in [0.1, 0.15) is 116 Å². The molecule has 0 radical (unpaired) electrons. The smallest absolute Gasteiger partial charge is 0.238 e. The van der Waals surface area contributed by atoms with Gasteiger partial charge >= 0.3 is 0 Å². The molecule has 0 aliphatic carbocycles. The number of aliphatic hydroxyl groups is 1. The quantitative estimate of drug-likeness (QED) is 0.0672. The monoisotopic (exact) mass is 1180 g/mol. The summed E-state index contributed by atoms with van der Waals surface area (Å²) in [5.74, 6) is 4.36. The molecule has 5 saturated heterocycles. The van der Waals surface area contributed by atoms with Crippen molar-refractivity contribution in [3.63, 3.8) is 0 Å². The number of hydrogen-bond acceptors (Lipinski definition) is 19. The van der Waals surface area contributed by atoms with Gasteiger partial charge in [-0.3, -0.25) is 0 Å². The summed E-state index contributed by atoms with van der Waals surface area (Å²) in [4.78, 5) is 0. The molecule has 0 bridgehead atoms. The molecule has 386 valence electrons. The fourth-order valence-corrected chi connectivity index (χ4v) is 25.8. The largest absolute Gasteiger partial charge is 0.396 e. The highest BCUT2D eigenvalue weighted by molar-refractivity contribution is 8.85. The van der Waals surface area contributed by atoms with Gasteiger partial charge in [0.25, 0.3) is 0 Å². The molecule has 2 unspecified atom stereocenters. The fraction of sp³-hybridized carbons (Fsp3) is 0.857. The molecule has 5 aliphatic heterocycles. The van der Waals surface area contributed by atoms with E-state index in [4.69, 9.17) is 49.4 Å². The zero-order valence-electron chi connectivity index (χ0n) is 41.3. The third-order valence-electron chi connectivity index (χ3n) is 10.6. The highest BCUT2D eigenvalue weighted by Crippen LogP contribution is 2.67. The molecule has 5 fully saturated rings. The van der Waals surface area contributed by atoms with Crippen molar-refractivity contribution in [3.8, 4) is 0 Å². The molecule has 1 aromatic carbocycles. The Morgan fingerprint density at radius 2 is 0.776 bits per heavy atom. The van der Waals surface area contributed by atoms with E-state index >= 15 is 0 Å². The minimum absolute atomic E-state index is 0.0260. The molecular formula is C42H74O12P6S7. The van der Waals surface area contributed by atoms with Crippen LogP contribution < -0.4 is 0 Å². The summed E-state index contributed by atoms with van der Waals surface area (Å²) < 4.78 is 70.7. The summed E-state index contributed by atoms with van der Waals surface area (Å²) in [7, 11) is -4.45. The molecule has 5 heterocycles. The van der Waals surface area contributed by atoms with Crippen molar-refractivity contribution in [1.29, 1.82) is 0 Å². The summed E-state index contributed by atoms with van der Waals surface area (Å²) in [5.41, 5.74) is 7.41. The standard InChI is InChI=1S/C42H74O12P6S7/c1-37(2,19-43)20-44-55-61-13-31-32(14-62-56-45-21-38(3,4)22-46-56)34(16-64-58-49-25-40(7,8)26-50-58)35(17-65-59-51-27-41(9,10)28-52-59)36(18-66-60-53-29-42(11,12)30-54-67-60)33(31)15-63-57-47-23-39(5,6)24-48-57/h43,55H,13-30H2,1-12H3. The van der Waals surface area contributed by atoms with E-state index in [-0.39, 0.29) is 47.1 Å². The van der Waals surface area contributed by atoms with Gasteiger partial charge in [-0.1, -0.05) is 140 Å². The van der Waals surface area contributed by atoms with Gasteiger partial charge in [0.2, 0.25) is 30.3 Å². The Bertz CT molecular complexity index is 1700. The van der Waals surface area contributed by atoms with Gasteiger partial charge in [-0.2, -0.15) is 0 Å². The normalized spacial score (nSPS) is 25.5. The maximum atomic E-state index is 10.0. The Labute approximate surface area is 438 Å². The summed E-state index contributed by atoms with van der Waals surface area (Å²) in [6, 6.07) is 0. The third-order valence-corrected chi connectivity index (χ3v) is 29.5. The van der Waals surface area contributed by atoms with Crippen LogP contribution in [0.25, 0.3) is 0 Å². The highest BCUT2D eigenvalue weighted by atomic mass is 33.1. The molecule has 25 heteroatoms. The zero-order valence-corrected chi connectivity index (χ0v) is 52.4. The first kappa shape index (κ1) is 60.0. The first-order chi connectivity index (χ1) is 31.5. The fourth-order valence-electron chi connectivity index (χ4n) is 6.15. The van der Waals surface area contributed by atoms with Gasteiger partial charge in [-0.15, -0.1) is 11.4 Å². The molecule has 0 aromatic heterocycles. The van der Waals surface area contributed by atoms with E-state index in [9.17, 15) is 5.11 Å². The van der Waals surface area contributed by atoms with E-state index in [0.717, 1.165) is 34.5 Å². The van der Waals surface area contributed by atoms with Gasteiger partial charge in [-0.25, -0.2) is 0 Å². The van der Waals surface area contributed by atoms with Crippen molar-refractivity contribution in [1.82, 2.24) is 0 Å². The van der Waals surface area contributed by atoms with Crippen molar-refractivity contribution >= 4 is 125 Å². The maximum absolute atomic E-state index is 10.0. The molecule has 1 N–H and O–H groups in total. The second-order valence-corrected chi connectivity index (χ2v) is 42.6. The third kappa shape index (κ3) is 20.3.